The van der Waals surface area contributed by atoms with Crippen LogP contribution in [0.4, 0.5) is 0 Å². The lowest BCUT2D eigenvalue weighted by atomic mass is 10.1. The van der Waals surface area contributed by atoms with Crippen molar-refractivity contribution in [2.75, 3.05) is 19.6 Å². The summed E-state index contributed by atoms with van der Waals surface area (Å²) in [5, 5.41) is 11.6. The van der Waals surface area contributed by atoms with E-state index in [4.69, 9.17) is 5.11 Å². The minimum absolute atomic E-state index is 0.0716. The van der Waals surface area contributed by atoms with Gasteiger partial charge in [-0.2, -0.15) is 0 Å². The molecule has 0 aromatic rings. The molecular weight excluding hydrogens is 208 g/mol. The third kappa shape index (κ3) is 4.18. The summed E-state index contributed by atoms with van der Waals surface area (Å²) >= 11 is 0. The number of amides is 1. The molecular formula is C11H20N2O3. The van der Waals surface area contributed by atoms with Gasteiger partial charge in [0.15, 0.2) is 0 Å². The molecule has 1 saturated heterocycles. The average molecular weight is 228 g/mol. The normalized spacial score (nSPS) is 21.6. The predicted octanol–water partition coefficient (Wildman–Crippen LogP) is 0.308. The van der Waals surface area contributed by atoms with Gasteiger partial charge < -0.3 is 15.3 Å². The van der Waals surface area contributed by atoms with Crippen LogP contribution in [0.5, 0.6) is 0 Å². The van der Waals surface area contributed by atoms with E-state index < -0.39 is 5.97 Å². The number of nitrogens with zero attached hydrogens (tertiary/aromatic N) is 1. The van der Waals surface area contributed by atoms with Crippen molar-refractivity contribution in [2.45, 2.75) is 32.7 Å². The molecule has 1 rings (SSSR count). The van der Waals surface area contributed by atoms with Gasteiger partial charge in [-0.25, -0.2) is 0 Å². The quantitative estimate of drug-likeness (QED) is 0.710. The van der Waals surface area contributed by atoms with E-state index in [0.29, 0.717) is 12.5 Å². The Morgan fingerprint density at radius 1 is 1.62 bits per heavy atom. The molecule has 0 aliphatic carbocycles. The van der Waals surface area contributed by atoms with Gasteiger partial charge in [-0.15, -0.1) is 0 Å². The maximum absolute atomic E-state index is 11.6. The molecule has 1 amide bonds. The van der Waals surface area contributed by atoms with Crippen LogP contribution < -0.4 is 5.32 Å². The molecule has 0 aromatic carbocycles. The van der Waals surface area contributed by atoms with Crippen LogP contribution in [-0.4, -0.2) is 47.6 Å². The SMILES string of the molecule is CC(C)CCN1CC(CC(=O)O)NCC1=O. The first-order valence-corrected chi connectivity index (χ1v) is 5.72. The van der Waals surface area contributed by atoms with Gasteiger partial charge in [0.25, 0.3) is 0 Å². The second-order valence-corrected chi connectivity index (χ2v) is 4.70. The number of carboxylic acid groups (broad SMARTS) is 1. The van der Waals surface area contributed by atoms with Crippen molar-refractivity contribution < 1.29 is 14.7 Å². The number of piperazine rings is 1. The van der Waals surface area contributed by atoms with Crippen molar-refractivity contribution >= 4 is 11.9 Å². The highest BCUT2D eigenvalue weighted by Crippen LogP contribution is 2.08. The highest BCUT2D eigenvalue weighted by molar-refractivity contribution is 5.79. The summed E-state index contributed by atoms with van der Waals surface area (Å²) in [6.07, 6.45) is 1.04. The zero-order valence-electron chi connectivity index (χ0n) is 9.90. The summed E-state index contributed by atoms with van der Waals surface area (Å²) in [6, 6.07) is -0.109. The summed E-state index contributed by atoms with van der Waals surface area (Å²) in [5.41, 5.74) is 0. The molecule has 92 valence electrons. The molecule has 1 aliphatic rings. The number of rotatable bonds is 5. The number of hydrogen-bond acceptors (Lipinski definition) is 3. The largest absolute Gasteiger partial charge is 0.481 e. The van der Waals surface area contributed by atoms with E-state index in [1.807, 2.05) is 0 Å². The van der Waals surface area contributed by atoms with Crippen molar-refractivity contribution in [1.29, 1.82) is 0 Å². The number of carboxylic acids is 1. The molecule has 16 heavy (non-hydrogen) atoms. The molecule has 1 atom stereocenters. The average Bonchev–Trinajstić information content (AvgIpc) is 2.18. The maximum Gasteiger partial charge on any atom is 0.304 e. The molecule has 0 bridgehead atoms. The van der Waals surface area contributed by atoms with E-state index in [9.17, 15) is 9.59 Å². The van der Waals surface area contributed by atoms with Crippen LogP contribution in [-0.2, 0) is 9.59 Å². The van der Waals surface area contributed by atoms with Crippen LogP contribution in [0.1, 0.15) is 26.7 Å². The Morgan fingerprint density at radius 2 is 2.31 bits per heavy atom. The Hall–Kier alpha value is -1.10. The first-order chi connectivity index (χ1) is 7.49. The Balaban J connectivity index is 2.42. The van der Waals surface area contributed by atoms with Gasteiger partial charge in [0.2, 0.25) is 5.91 Å². The predicted molar refractivity (Wildman–Crippen MR) is 60.1 cm³/mol. The summed E-state index contributed by atoms with van der Waals surface area (Å²) in [7, 11) is 0. The van der Waals surface area contributed by atoms with Crippen LogP contribution in [0.15, 0.2) is 0 Å². The molecule has 2 N–H and O–H groups in total. The second kappa shape index (κ2) is 5.84. The molecule has 1 aliphatic heterocycles. The molecule has 1 heterocycles. The van der Waals surface area contributed by atoms with Crippen LogP contribution in [0, 0.1) is 5.92 Å². The van der Waals surface area contributed by atoms with E-state index in [2.05, 4.69) is 19.2 Å². The van der Waals surface area contributed by atoms with Crippen molar-refractivity contribution in [3.63, 3.8) is 0 Å². The molecule has 0 aromatic heterocycles. The smallest absolute Gasteiger partial charge is 0.304 e. The fraction of sp³-hybridized carbons (Fsp3) is 0.818. The third-order valence-corrected chi connectivity index (χ3v) is 2.73. The van der Waals surface area contributed by atoms with Crippen LogP contribution in [0.2, 0.25) is 0 Å². The molecule has 1 unspecified atom stereocenters. The minimum Gasteiger partial charge on any atom is -0.481 e. The Morgan fingerprint density at radius 3 is 2.88 bits per heavy atom. The first kappa shape index (κ1) is 13.0. The fourth-order valence-corrected chi connectivity index (χ4v) is 1.75. The summed E-state index contributed by atoms with van der Waals surface area (Å²) < 4.78 is 0. The number of carbonyl (C=O) groups is 2. The number of aliphatic carboxylic acids is 1. The molecule has 0 spiro atoms. The van der Waals surface area contributed by atoms with E-state index in [-0.39, 0.29) is 24.9 Å². The fourth-order valence-electron chi connectivity index (χ4n) is 1.75. The highest BCUT2D eigenvalue weighted by atomic mass is 16.4. The van der Waals surface area contributed by atoms with Crippen LogP contribution in [0.3, 0.4) is 0 Å². The molecule has 1 fully saturated rings. The van der Waals surface area contributed by atoms with Crippen molar-refractivity contribution in [1.82, 2.24) is 10.2 Å². The number of hydrogen-bond donors (Lipinski definition) is 2. The molecule has 5 nitrogen and oxygen atoms in total. The van der Waals surface area contributed by atoms with Gasteiger partial charge in [0.1, 0.15) is 0 Å². The van der Waals surface area contributed by atoms with Crippen molar-refractivity contribution in [3.8, 4) is 0 Å². The van der Waals surface area contributed by atoms with Gasteiger partial charge in [-0.1, -0.05) is 13.8 Å². The van der Waals surface area contributed by atoms with Crippen molar-refractivity contribution in [3.05, 3.63) is 0 Å². The van der Waals surface area contributed by atoms with E-state index >= 15 is 0 Å². The second-order valence-electron chi connectivity index (χ2n) is 4.70. The van der Waals surface area contributed by atoms with Crippen LogP contribution in [0.25, 0.3) is 0 Å². The summed E-state index contributed by atoms with van der Waals surface area (Å²) in [6.45, 7) is 5.73. The first-order valence-electron chi connectivity index (χ1n) is 5.72. The van der Waals surface area contributed by atoms with E-state index in [0.717, 1.165) is 13.0 Å². The lowest BCUT2D eigenvalue weighted by Gasteiger charge is -2.33. The van der Waals surface area contributed by atoms with Crippen LogP contribution >= 0.6 is 0 Å². The summed E-state index contributed by atoms with van der Waals surface area (Å²) in [5.74, 6) is -0.196. The monoisotopic (exact) mass is 228 g/mol. The topological polar surface area (TPSA) is 69.6 Å². The maximum atomic E-state index is 11.6. The van der Waals surface area contributed by atoms with E-state index in [1.54, 1.807) is 4.90 Å². The number of carbonyl (C=O) groups excluding carboxylic acids is 1. The number of nitrogens with one attached hydrogen (secondary N) is 1. The standard InChI is InChI=1S/C11H20N2O3/c1-8(2)3-4-13-7-9(5-11(15)16)12-6-10(13)14/h8-9,12H,3-7H2,1-2H3,(H,15,16). The van der Waals surface area contributed by atoms with Gasteiger partial charge in [0, 0.05) is 19.1 Å². The summed E-state index contributed by atoms with van der Waals surface area (Å²) in [4.78, 5) is 23.9. The van der Waals surface area contributed by atoms with Crippen molar-refractivity contribution in [2.24, 2.45) is 5.92 Å². The van der Waals surface area contributed by atoms with Gasteiger partial charge in [-0.05, 0) is 12.3 Å². The molecule has 5 heteroatoms. The Labute approximate surface area is 95.8 Å². The Bertz CT molecular complexity index is 266. The lowest BCUT2D eigenvalue weighted by Crippen LogP contribution is -2.54. The zero-order valence-corrected chi connectivity index (χ0v) is 9.90. The van der Waals surface area contributed by atoms with E-state index in [1.165, 1.54) is 0 Å². The van der Waals surface area contributed by atoms with Gasteiger partial charge in [-0.3, -0.25) is 9.59 Å². The van der Waals surface area contributed by atoms with Gasteiger partial charge >= 0.3 is 5.97 Å². The lowest BCUT2D eigenvalue weighted by molar-refractivity contribution is -0.140. The highest BCUT2D eigenvalue weighted by Gasteiger charge is 2.26. The molecule has 0 saturated carbocycles. The molecule has 0 radical (unpaired) electrons. The third-order valence-electron chi connectivity index (χ3n) is 2.73. The Kier molecular flexibility index (Phi) is 4.73. The van der Waals surface area contributed by atoms with Gasteiger partial charge in [0.05, 0.1) is 13.0 Å². The zero-order chi connectivity index (χ0) is 12.1. The minimum atomic E-state index is -0.823.